The molecule has 0 aliphatic heterocycles. The van der Waals surface area contributed by atoms with Crippen LogP contribution in [-0.4, -0.2) is 24.1 Å². The zero-order valence-electron chi connectivity index (χ0n) is 15.1. The highest BCUT2D eigenvalue weighted by molar-refractivity contribution is 5.97. The number of hydrogen-bond donors (Lipinski definition) is 2. The molecule has 0 bridgehead atoms. The van der Waals surface area contributed by atoms with Crippen LogP contribution in [0.5, 0.6) is 0 Å². The van der Waals surface area contributed by atoms with Gasteiger partial charge < -0.3 is 5.32 Å². The summed E-state index contributed by atoms with van der Waals surface area (Å²) in [6.07, 6.45) is 1.93. The maximum Gasteiger partial charge on any atom is 0.249 e. The van der Waals surface area contributed by atoms with Crippen LogP contribution >= 0.6 is 0 Å². The fraction of sp³-hybridized carbons (Fsp3) is 0.286. The average Bonchev–Trinajstić information content (AvgIpc) is 2.66. The molecule has 0 radical (unpaired) electrons. The Hall–Kier alpha value is -2.95. The van der Waals surface area contributed by atoms with Gasteiger partial charge in [0.05, 0.1) is 0 Å². The molecule has 5 heteroatoms. The van der Waals surface area contributed by atoms with Gasteiger partial charge in [0, 0.05) is 18.7 Å². The first kappa shape index (κ1) is 19.4. The van der Waals surface area contributed by atoms with E-state index in [4.69, 9.17) is 0 Å². The molecule has 2 amide bonds. The van der Waals surface area contributed by atoms with Crippen molar-refractivity contribution in [1.29, 1.82) is 0 Å². The van der Waals surface area contributed by atoms with Gasteiger partial charge in [0.15, 0.2) is 0 Å². The highest BCUT2D eigenvalue weighted by atomic mass is 16.2. The van der Waals surface area contributed by atoms with Gasteiger partial charge in [0.2, 0.25) is 11.8 Å². The molecule has 2 aromatic rings. The van der Waals surface area contributed by atoms with E-state index >= 15 is 0 Å². The van der Waals surface area contributed by atoms with Crippen molar-refractivity contribution in [3.8, 4) is 0 Å². The molecule has 2 rings (SSSR count). The Balaban J connectivity index is 1.71. The highest BCUT2D eigenvalue weighted by Crippen LogP contribution is 2.03. The van der Waals surface area contributed by atoms with Crippen molar-refractivity contribution in [3.05, 3.63) is 71.8 Å². The van der Waals surface area contributed by atoms with E-state index < -0.39 is 5.91 Å². The van der Waals surface area contributed by atoms with E-state index in [1.54, 1.807) is 0 Å². The number of carbonyl (C=O) groups excluding carboxylic acids is 2. The third-order valence-electron chi connectivity index (χ3n) is 3.90. The summed E-state index contributed by atoms with van der Waals surface area (Å²) in [7, 11) is 0. The summed E-state index contributed by atoms with van der Waals surface area (Å²) in [5.74, 6) is -0.698. The van der Waals surface area contributed by atoms with Crippen LogP contribution in [0.15, 0.2) is 65.8 Å². The molecule has 0 spiro atoms. The Labute approximate surface area is 154 Å². The molecule has 2 N–H and O–H groups in total. The van der Waals surface area contributed by atoms with E-state index in [-0.39, 0.29) is 12.3 Å². The van der Waals surface area contributed by atoms with Crippen LogP contribution in [0, 0.1) is 0 Å². The number of amides is 2. The molecule has 0 aromatic heterocycles. The summed E-state index contributed by atoms with van der Waals surface area (Å²) in [4.78, 5) is 23.7. The highest BCUT2D eigenvalue weighted by Gasteiger charge is 2.09. The SMILES string of the molecule is CC/C(Cc1ccccc1)=N/NC(=O)CC(=O)NCCc1ccccc1. The van der Waals surface area contributed by atoms with Crippen molar-refractivity contribution in [3.63, 3.8) is 0 Å². The van der Waals surface area contributed by atoms with Crippen LogP contribution in [0.2, 0.25) is 0 Å². The lowest BCUT2D eigenvalue weighted by atomic mass is 10.1. The minimum absolute atomic E-state index is 0.222. The van der Waals surface area contributed by atoms with Gasteiger partial charge in [-0.25, -0.2) is 5.43 Å². The number of benzene rings is 2. The van der Waals surface area contributed by atoms with Crippen molar-refractivity contribution in [1.82, 2.24) is 10.7 Å². The Morgan fingerprint density at radius 1 is 0.885 bits per heavy atom. The summed E-state index contributed by atoms with van der Waals surface area (Å²) in [5.41, 5.74) is 5.64. The number of hydrogen-bond acceptors (Lipinski definition) is 3. The van der Waals surface area contributed by atoms with Gasteiger partial charge in [-0.2, -0.15) is 5.10 Å². The van der Waals surface area contributed by atoms with Crippen molar-refractivity contribution in [2.75, 3.05) is 6.54 Å². The van der Waals surface area contributed by atoms with Gasteiger partial charge in [-0.1, -0.05) is 67.6 Å². The second kappa shape index (κ2) is 10.8. The molecule has 0 aliphatic carbocycles. The fourth-order valence-corrected chi connectivity index (χ4v) is 2.46. The first-order valence-corrected chi connectivity index (χ1v) is 8.86. The van der Waals surface area contributed by atoms with Crippen LogP contribution in [0.3, 0.4) is 0 Å². The second-order valence-electron chi connectivity index (χ2n) is 5.99. The number of hydrazone groups is 1. The first-order valence-electron chi connectivity index (χ1n) is 8.86. The maximum atomic E-state index is 11.9. The zero-order chi connectivity index (χ0) is 18.6. The average molecular weight is 351 g/mol. The normalized spacial score (nSPS) is 11.0. The molecule has 0 fully saturated rings. The first-order chi connectivity index (χ1) is 12.7. The third-order valence-corrected chi connectivity index (χ3v) is 3.90. The van der Waals surface area contributed by atoms with Crippen LogP contribution in [0.1, 0.15) is 30.9 Å². The molecule has 0 unspecified atom stereocenters. The third kappa shape index (κ3) is 7.30. The summed E-state index contributed by atoms with van der Waals surface area (Å²) in [5, 5.41) is 6.91. The van der Waals surface area contributed by atoms with Crippen molar-refractivity contribution in [2.45, 2.75) is 32.6 Å². The summed E-state index contributed by atoms with van der Waals surface area (Å²) >= 11 is 0. The topological polar surface area (TPSA) is 70.6 Å². The fourth-order valence-electron chi connectivity index (χ4n) is 2.46. The van der Waals surface area contributed by atoms with Crippen LogP contribution in [0.25, 0.3) is 0 Å². The molecule has 0 atom stereocenters. The lowest BCUT2D eigenvalue weighted by Crippen LogP contribution is -2.31. The molecular formula is C21H25N3O2. The van der Waals surface area contributed by atoms with E-state index in [9.17, 15) is 9.59 Å². The molecule has 2 aromatic carbocycles. The number of carbonyl (C=O) groups is 2. The van der Waals surface area contributed by atoms with Crippen molar-refractivity contribution in [2.24, 2.45) is 5.10 Å². The minimum Gasteiger partial charge on any atom is -0.355 e. The molecule has 0 heterocycles. The predicted molar refractivity (Wildman–Crippen MR) is 104 cm³/mol. The van der Waals surface area contributed by atoms with Crippen molar-refractivity contribution < 1.29 is 9.59 Å². The van der Waals surface area contributed by atoms with Crippen LogP contribution < -0.4 is 10.7 Å². The zero-order valence-corrected chi connectivity index (χ0v) is 15.1. The van der Waals surface area contributed by atoms with Gasteiger partial charge >= 0.3 is 0 Å². The molecular weight excluding hydrogens is 326 g/mol. The number of nitrogens with zero attached hydrogens (tertiary/aromatic N) is 1. The van der Waals surface area contributed by atoms with E-state index in [1.807, 2.05) is 67.6 Å². The van der Waals surface area contributed by atoms with E-state index in [0.29, 0.717) is 13.0 Å². The molecule has 0 saturated carbocycles. The molecule has 0 aliphatic rings. The van der Waals surface area contributed by atoms with Gasteiger partial charge in [0.1, 0.15) is 6.42 Å². The predicted octanol–water partition coefficient (Wildman–Crippen LogP) is 2.86. The summed E-state index contributed by atoms with van der Waals surface area (Å²) < 4.78 is 0. The van der Waals surface area contributed by atoms with Gasteiger partial charge in [-0.05, 0) is 24.0 Å². The summed E-state index contributed by atoms with van der Waals surface area (Å²) in [6, 6.07) is 19.8. The Morgan fingerprint density at radius 2 is 1.50 bits per heavy atom. The Kier molecular flexibility index (Phi) is 8.06. The Morgan fingerprint density at radius 3 is 2.12 bits per heavy atom. The standard InChI is InChI=1S/C21H25N3O2/c1-2-19(15-18-11-7-4-8-12-18)23-24-21(26)16-20(25)22-14-13-17-9-5-3-6-10-17/h3-12H,2,13-16H2,1H3,(H,22,25)(H,24,26)/b23-19-. The lowest BCUT2D eigenvalue weighted by molar-refractivity contribution is -0.129. The van der Waals surface area contributed by atoms with E-state index in [1.165, 1.54) is 0 Å². The quantitative estimate of drug-likeness (QED) is 0.414. The van der Waals surface area contributed by atoms with E-state index in [2.05, 4.69) is 15.8 Å². The maximum absolute atomic E-state index is 11.9. The number of rotatable bonds is 9. The van der Waals surface area contributed by atoms with Crippen molar-refractivity contribution >= 4 is 17.5 Å². The number of nitrogens with one attached hydrogen (secondary N) is 2. The lowest BCUT2D eigenvalue weighted by Gasteiger charge is -2.07. The molecule has 136 valence electrons. The van der Waals surface area contributed by atoms with Gasteiger partial charge in [0.25, 0.3) is 0 Å². The minimum atomic E-state index is -0.402. The van der Waals surface area contributed by atoms with Crippen LogP contribution in [0.4, 0.5) is 0 Å². The summed E-state index contributed by atoms with van der Waals surface area (Å²) in [6.45, 7) is 2.50. The monoisotopic (exact) mass is 351 g/mol. The molecule has 5 nitrogen and oxygen atoms in total. The Bertz CT molecular complexity index is 727. The van der Waals surface area contributed by atoms with E-state index in [0.717, 1.165) is 29.7 Å². The second-order valence-corrected chi connectivity index (χ2v) is 5.99. The van der Waals surface area contributed by atoms with Crippen LogP contribution in [-0.2, 0) is 22.4 Å². The molecule has 0 saturated heterocycles. The van der Waals surface area contributed by atoms with Gasteiger partial charge in [-0.3, -0.25) is 9.59 Å². The molecule has 26 heavy (non-hydrogen) atoms. The largest absolute Gasteiger partial charge is 0.355 e. The van der Waals surface area contributed by atoms with Gasteiger partial charge in [-0.15, -0.1) is 0 Å². The smallest absolute Gasteiger partial charge is 0.249 e.